The van der Waals surface area contributed by atoms with Crippen molar-refractivity contribution in [2.45, 2.75) is 120 Å². The van der Waals surface area contributed by atoms with Crippen molar-refractivity contribution in [3.8, 4) is 0 Å². The number of hydrogen-bond acceptors (Lipinski definition) is 13. The van der Waals surface area contributed by atoms with Gasteiger partial charge in [-0.25, -0.2) is 4.79 Å². The number of primary amides is 1. The fraction of sp³-hybridized carbons (Fsp3) is 0.735. The molecule has 0 aromatic carbocycles. The Balaban J connectivity index is 6.23. The molecule has 0 saturated heterocycles. The van der Waals surface area contributed by atoms with E-state index in [-0.39, 0.29) is 82.9 Å². The minimum Gasteiger partial charge on any atom is -0.480 e. The number of nitrogens with one attached hydrogen (secondary N) is 5. The Morgan fingerprint density at radius 3 is 1.31 bits per heavy atom. The Morgan fingerprint density at radius 2 is 0.914 bits per heavy atom. The van der Waals surface area contributed by atoms with E-state index >= 15 is 0 Å². The smallest absolute Gasteiger partial charge is 0.326 e. The Kier molecular flexibility index (Phi) is 28.5. The highest BCUT2D eigenvalue weighted by Crippen LogP contribution is 2.10. The molecule has 0 fully saturated rings. The van der Waals surface area contributed by atoms with Gasteiger partial charge in [0.1, 0.15) is 30.2 Å². The molecule has 0 aliphatic carbocycles. The molecular formula is C34H67N15O8S. The van der Waals surface area contributed by atoms with Gasteiger partial charge < -0.3 is 77.6 Å². The van der Waals surface area contributed by atoms with Gasteiger partial charge in [-0.05, 0) is 102 Å². The topological polar surface area (TPSA) is 433 Å². The summed E-state index contributed by atoms with van der Waals surface area (Å²) in [4.78, 5) is 99.0. The lowest BCUT2D eigenvalue weighted by atomic mass is 10.0. The molecule has 0 radical (unpaired) electrons. The Labute approximate surface area is 343 Å². The van der Waals surface area contributed by atoms with Crippen LogP contribution in [-0.4, -0.2) is 133 Å². The third kappa shape index (κ3) is 24.6. The van der Waals surface area contributed by atoms with Crippen LogP contribution in [0.15, 0.2) is 9.98 Å². The van der Waals surface area contributed by atoms with Crippen molar-refractivity contribution >= 4 is 65.1 Å². The van der Waals surface area contributed by atoms with Crippen LogP contribution in [0, 0.1) is 0 Å². The highest BCUT2D eigenvalue weighted by Gasteiger charge is 2.33. The van der Waals surface area contributed by atoms with Crippen LogP contribution < -0.4 is 72.5 Å². The minimum atomic E-state index is -1.39. The van der Waals surface area contributed by atoms with Crippen molar-refractivity contribution in [1.29, 1.82) is 0 Å². The highest BCUT2D eigenvalue weighted by atomic mass is 32.2. The van der Waals surface area contributed by atoms with Crippen LogP contribution in [0.2, 0.25) is 0 Å². The number of aliphatic carboxylic acids is 1. The maximum Gasteiger partial charge on any atom is 0.326 e. The molecule has 0 unspecified atom stereocenters. The molecule has 58 heavy (non-hydrogen) atoms. The summed E-state index contributed by atoms with van der Waals surface area (Å²) in [5, 5.41) is 22.6. The molecule has 22 N–H and O–H groups in total. The maximum absolute atomic E-state index is 13.8. The molecule has 332 valence electrons. The van der Waals surface area contributed by atoms with Gasteiger partial charge >= 0.3 is 5.97 Å². The lowest BCUT2D eigenvalue weighted by Gasteiger charge is -2.27. The lowest BCUT2D eigenvalue weighted by molar-refractivity contribution is -0.142. The molecule has 0 rings (SSSR count). The van der Waals surface area contributed by atoms with Crippen molar-refractivity contribution in [3.63, 3.8) is 0 Å². The Morgan fingerprint density at radius 1 is 0.534 bits per heavy atom. The van der Waals surface area contributed by atoms with E-state index in [4.69, 9.17) is 45.9 Å². The number of nitrogens with two attached hydrogens (primary N) is 8. The number of thioether (sulfide) groups is 1. The van der Waals surface area contributed by atoms with E-state index in [0.29, 0.717) is 44.4 Å². The van der Waals surface area contributed by atoms with E-state index < -0.39 is 77.7 Å². The van der Waals surface area contributed by atoms with Crippen LogP contribution in [0.25, 0.3) is 0 Å². The van der Waals surface area contributed by atoms with Gasteiger partial charge in [0.25, 0.3) is 0 Å². The third-order valence-electron chi connectivity index (χ3n) is 8.58. The van der Waals surface area contributed by atoms with E-state index in [1.165, 1.54) is 11.8 Å². The summed E-state index contributed by atoms with van der Waals surface area (Å²) < 4.78 is 0. The number of amides is 6. The van der Waals surface area contributed by atoms with Crippen LogP contribution >= 0.6 is 11.8 Å². The number of carbonyl (C=O) groups excluding carboxylic acids is 6. The largest absolute Gasteiger partial charge is 0.480 e. The second-order valence-corrected chi connectivity index (χ2v) is 14.5. The fourth-order valence-electron chi connectivity index (χ4n) is 5.36. The average Bonchev–Trinajstić information content (AvgIpc) is 3.16. The number of carbonyl (C=O) groups is 7. The summed E-state index contributed by atoms with van der Waals surface area (Å²) in [6, 6.07) is -7.28. The first-order chi connectivity index (χ1) is 27.5. The predicted molar refractivity (Wildman–Crippen MR) is 222 cm³/mol. The number of unbranched alkanes of at least 4 members (excludes halogenated alkanes) is 2. The van der Waals surface area contributed by atoms with Crippen molar-refractivity contribution < 1.29 is 38.7 Å². The number of aliphatic imine (C=N–C) groups is 2. The molecule has 24 heteroatoms. The molecule has 0 heterocycles. The molecule has 0 saturated carbocycles. The number of carboxylic acid groups (broad SMARTS) is 1. The Hall–Kier alpha value is -4.94. The first-order valence-corrected chi connectivity index (χ1v) is 20.6. The van der Waals surface area contributed by atoms with Crippen LogP contribution in [0.5, 0.6) is 0 Å². The van der Waals surface area contributed by atoms with E-state index in [9.17, 15) is 38.7 Å². The quantitative estimate of drug-likeness (QED) is 0.0167. The number of hydrogen-bond donors (Lipinski definition) is 14. The Bertz CT molecular complexity index is 1360. The summed E-state index contributed by atoms with van der Waals surface area (Å²) in [5.74, 6) is -5.66. The van der Waals surface area contributed by atoms with E-state index in [0.717, 1.165) is 0 Å². The van der Waals surface area contributed by atoms with Crippen molar-refractivity contribution in [1.82, 2.24) is 26.6 Å². The molecule has 6 amide bonds. The van der Waals surface area contributed by atoms with E-state index in [1.807, 2.05) is 0 Å². The van der Waals surface area contributed by atoms with Crippen molar-refractivity contribution in [2.24, 2.45) is 55.9 Å². The van der Waals surface area contributed by atoms with E-state index in [1.54, 1.807) is 6.26 Å². The van der Waals surface area contributed by atoms with Crippen LogP contribution in [0.4, 0.5) is 0 Å². The summed E-state index contributed by atoms with van der Waals surface area (Å²) in [6.07, 6.45) is 4.23. The monoisotopic (exact) mass is 846 g/mol. The summed E-state index contributed by atoms with van der Waals surface area (Å²) in [6.45, 7) is 0.991. The zero-order chi connectivity index (χ0) is 44.0. The molecule has 6 atom stereocenters. The molecular weight excluding hydrogens is 779 g/mol. The van der Waals surface area contributed by atoms with Gasteiger partial charge in [0.15, 0.2) is 11.9 Å². The summed E-state index contributed by atoms with van der Waals surface area (Å²) >= 11 is 1.39. The number of carboxylic acids is 1. The van der Waals surface area contributed by atoms with Crippen LogP contribution in [-0.2, 0) is 33.6 Å². The number of nitrogens with zero attached hydrogens (tertiary/aromatic N) is 2. The van der Waals surface area contributed by atoms with Gasteiger partial charge in [0.05, 0.1) is 6.04 Å². The normalized spacial score (nSPS) is 13.9. The fourth-order valence-corrected chi connectivity index (χ4v) is 5.83. The van der Waals surface area contributed by atoms with Gasteiger partial charge in [-0.1, -0.05) is 0 Å². The minimum absolute atomic E-state index is 0.00227. The number of guanidine groups is 2. The van der Waals surface area contributed by atoms with Crippen LogP contribution in [0.3, 0.4) is 0 Å². The first kappa shape index (κ1) is 53.1. The van der Waals surface area contributed by atoms with E-state index in [2.05, 4.69) is 36.6 Å². The maximum atomic E-state index is 13.8. The standard InChI is InChI=1S/C34H67N15O8S/c1-58-19-14-24(31(55)49-25(32(56)57)11-7-18-44-34(41)42)48-29(53)22(10-3-5-16-36)46-30(54)23(12-13-26(38)50)47-28(52)21(9-2-4-15-35)45-27(51)20(37)8-6-17-43-33(39)40/h20-25H,2-19,35-37H2,1H3,(H2,38,50)(H,45,51)(H,46,54)(H,47,52)(H,48,53)(H,49,55)(H,56,57)(H4,39,40,43)(H4,41,42,44)/t20-,21-,22-,23-,24-,25-/m0/s1. The molecule has 0 aliphatic heterocycles. The van der Waals surface area contributed by atoms with Gasteiger partial charge in [-0.2, -0.15) is 11.8 Å². The lowest BCUT2D eigenvalue weighted by Crippen LogP contribution is -2.59. The van der Waals surface area contributed by atoms with Gasteiger partial charge in [-0.15, -0.1) is 0 Å². The highest BCUT2D eigenvalue weighted by molar-refractivity contribution is 7.98. The second kappa shape index (κ2) is 31.1. The number of rotatable bonds is 33. The van der Waals surface area contributed by atoms with Gasteiger partial charge in [0, 0.05) is 19.5 Å². The van der Waals surface area contributed by atoms with Crippen LogP contribution in [0.1, 0.15) is 83.5 Å². The molecule has 0 aromatic heterocycles. The molecule has 0 spiro atoms. The van der Waals surface area contributed by atoms with Gasteiger partial charge in [0.2, 0.25) is 35.4 Å². The zero-order valence-electron chi connectivity index (χ0n) is 33.4. The van der Waals surface area contributed by atoms with Crippen molar-refractivity contribution in [2.75, 3.05) is 38.2 Å². The second-order valence-electron chi connectivity index (χ2n) is 13.5. The molecule has 0 aliphatic rings. The summed E-state index contributed by atoms with van der Waals surface area (Å²) in [7, 11) is 0. The SMILES string of the molecule is CSCC[C@H](NC(=O)[C@H](CCCCN)NC(=O)[C@H](CCC(N)=O)NC(=O)[C@H](CCCCN)NC(=O)[C@@H](N)CCCN=C(N)N)C(=O)N[C@@H](CCCN=C(N)N)C(=O)O. The first-order valence-electron chi connectivity index (χ1n) is 19.3. The summed E-state index contributed by atoms with van der Waals surface area (Å²) in [5.41, 5.74) is 44.0. The van der Waals surface area contributed by atoms with Gasteiger partial charge in [-0.3, -0.25) is 38.8 Å². The van der Waals surface area contributed by atoms with Crippen molar-refractivity contribution in [3.05, 3.63) is 0 Å². The zero-order valence-corrected chi connectivity index (χ0v) is 34.2. The molecule has 0 bridgehead atoms. The molecule has 23 nitrogen and oxygen atoms in total. The predicted octanol–water partition coefficient (Wildman–Crippen LogP) is -4.79. The third-order valence-corrected chi connectivity index (χ3v) is 9.22. The average molecular weight is 846 g/mol. The molecule has 0 aromatic rings.